The summed E-state index contributed by atoms with van der Waals surface area (Å²) in [7, 11) is 0. The average Bonchev–Trinajstić information content (AvgIpc) is 4.24. The van der Waals surface area contributed by atoms with Crippen molar-refractivity contribution in [3.8, 4) is 0 Å². The van der Waals surface area contributed by atoms with Crippen LogP contribution >= 0.6 is 0 Å². The highest BCUT2D eigenvalue weighted by molar-refractivity contribution is 5.85. The molecule has 0 unspecified atom stereocenters. The Bertz CT molecular complexity index is 2390. The van der Waals surface area contributed by atoms with E-state index in [-0.39, 0.29) is 72.0 Å². The van der Waals surface area contributed by atoms with Gasteiger partial charge in [-0.25, -0.2) is 9.97 Å². The Hall–Kier alpha value is -5.52. The molecular weight excluding hydrogens is 905 g/mol. The van der Waals surface area contributed by atoms with Crippen LogP contribution in [-0.4, -0.2) is 68.2 Å². The van der Waals surface area contributed by atoms with Crippen molar-refractivity contribution in [2.45, 2.75) is 228 Å². The second-order valence-corrected chi connectivity index (χ2v) is 22.2. The van der Waals surface area contributed by atoms with E-state index in [9.17, 15) is 19.2 Å². The fraction of sp³-hybridized carbons (Fsp3) is 0.600. The number of nitrogens with zero attached hydrogens (tertiary/aromatic N) is 2. The lowest BCUT2D eigenvalue weighted by Crippen LogP contribution is -2.29. The number of carbonyl (C=O) groups excluding carboxylic acids is 4. The lowest BCUT2D eigenvalue weighted by molar-refractivity contribution is -0.153. The Morgan fingerprint density at radius 1 is 0.319 bits per heavy atom. The van der Waals surface area contributed by atoms with Crippen molar-refractivity contribution in [1.82, 2.24) is 19.9 Å². The molecule has 12 heteroatoms. The van der Waals surface area contributed by atoms with Crippen molar-refractivity contribution in [2.75, 3.05) is 0 Å². The number of aromatic amines is 2. The highest BCUT2D eigenvalue weighted by Crippen LogP contribution is 2.46. The molecule has 0 saturated heterocycles. The Labute approximate surface area is 423 Å². The van der Waals surface area contributed by atoms with Crippen molar-refractivity contribution in [3.63, 3.8) is 0 Å². The van der Waals surface area contributed by atoms with Crippen molar-refractivity contribution < 1.29 is 38.1 Å². The Morgan fingerprint density at radius 2 is 0.556 bits per heavy atom. The molecule has 8 aliphatic rings. The van der Waals surface area contributed by atoms with Gasteiger partial charge in [0.2, 0.25) is 0 Å². The largest absolute Gasteiger partial charge is 0.462 e. The third-order valence-electron chi connectivity index (χ3n) is 17.4. The number of aromatic nitrogens is 4. The van der Waals surface area contributed by atoms with Crippen LogP contribution in [0.5, 0.6) is 0 Å². The zero-order valence-corrected chi connectivity index (χ0v) is 42.2. The summed E-state index contributed by atoms with van der Waals surface area (Å²) in [4.78, 5) is 74.1. The number of H-pyrrole nitrogens is 2. The highest BCUT2D eigenvalue weighted by atomic mass is 16.6. The van der Waals surface area contributed by atoms with Gasteiger partial charge in [0, 0.05) is 93.7 Å². The van der Waals surface area contributed by atoms with Crippen LogP contribution in [0.1, 0.15) is 248 Å². The minimum atomic E-state index is -0.310. The lowest BCUT2D eigenvalue weighted by atomic mass is 9.80. The molecule has 7 heterocycles. The monoisotopic (exact) mass is 979 g/mol. The van der Waals surface area contributed by atoms with Gasteiger partial charge >= 0.3 is 23.9 Å². The second-order valence-electron chi connectivity index (χ2n) is 22.2. The third-order valence-corrected chi connectivity index (χ3v) is 17.4. The Balaban J connectivity index is 1.21. The van der Waals surface area contributed by atoms with Gasteiger partial charge < -0.3 is 28.9 Å². The topological polar surface area (TPSA) is 163 Å². The standard InChI is InChI=1S/C60H74N4O8/c65-53-25-5-1-2-6-26-54(66)70-50-22-14-10-18-38(50)58-42-30-29-41(61-42)57(37-17-9-13-21-49(37)69-53)45-33-34-47(63-45)59-39-19-11-15-23-51(39)71-55(67)27-7-3-4-8-28-56(68)72-52-24-16-12-20-40(52)60(44-32-31-43(59)62-44)48-36-35-46(58)64-48/h29-40,49-52,63-64H,1-28H2/t37-,38-,39-,40-,49-,50-,51-,52-/m0/s1. The molecule has 4 aliphatic heterocycles. The van der Waals surface area contributed by atoms with Gasteiger partial charge in [0.15, 0.2) is 0 Å². The van der Waals surface area contributed by atoms with Crippen LogP contribution in [0.25, 0.3) is 46.4 Å². The number of hydrogen-bond donors (Lipinski definition) is 2. The van der Waals surface area contributed by atoms with E-state index in [0.29, 0.717) is 25.7 Å². The van der Waals surface area contributed by atoms with Gasteiger partial charge in [0.05, 0.1) is 22.8 Å². The molecule has 4 saturated carbocycles. The maximum absolute atomic E-state index is 13.7. The minimum Gasteiger partial charge on any atom is -0.462 e. The number of ether oxygens (including phenoxy) is 4. The molecule has 3 aromatic rings. The van der Waals surface area contributed by atoms with Gasteiger partial charge in [-0.15, -0.1) is 0 Å². The predicted molar refractivity (Wildman–Crippen MR) is 279 cm³/mol. The third kappa shape index (κ3) is 10.6. The molecule has 0 radical (unpaired) electrons. The fourth-order valence-corrected chi connectivity index (χ4v) is 13.8. The van der Waals surface area contributed by atoms with Gasteiger partial charge in [-0.3, -0.25) is 19.2 Å². The zero-order chi connectivity index (χ0) is 49.0. The number of carbonyl (C=O) groups is 4. The minimum absolute atomic E-state index is 0.108. The molecule has 4 aliphatic carbocycles. The molecule has 2 N–H and O–H groups in total. The summed E-state index contributed by atoms with van der Waals surface area (Å²) in [5.41, 5.74) is 11.1. The van der Waals surface area contributed by atoms with E-state index >= 15 is 0 Å². The van der Waals surface area contributed by atoms with E-state index in [1.54, 1.807) is 0 Å². The number of esters is 4. The first-order chi connectivity index (χ1) is 35.3. The number of nitrogens with one attached hydrogen (secondary N) is 2. The van der Waals surface area contributed by atoms with Crippen LogP contribution in [0.2, 0.25) is 0 Å². The molecular formula is C60H74N4O8. The summed E-state index contributed by atoms with van der Waals surface area (Å²) in [5, 5.41) is 0. The SMILES string of the molecule is O=C1CCCCCCC(=O)O[C@H]2CCCC[C@@H]2c2c3nc(c(c4ccc([nH]4)c4c5nc(c(c6ccc2[nH]6)[C@H]2CCCC[C@@H]2OC(=O)CCCCCCC(=O)O[C@H]2CCCC[C@H]42)C=C5)[C@H]2CCCC[C@@H]2O1)C=C3. The summed E-state index contributed by atoms with van der Waals surface area (Å²) in [6.07, 6.45) is 29.4. The van der Waals surface area contributed by atoms with Crippen LogP contribution in [0, 0.1) is 0 Å². The van der Waals surface area contributed by atoms with E-state index in [2.05, 4.69) is 58.5 Å². The van der Waals surface area contributed by atoms with Crippen molar-refractivity contribution >= 4 is 70.2 Å². The first kappa shape index (κ1) is 48.7. The number of fused-ring (bicyclic) bond motifs is 16. The molecule has 12 nitrogen and oxygen atoms in total. The molecule has 12 bridgehead atoms. The summed E-state index contributed by atoms with van der Waals surface area (Å²) in [5.74, 6) is -1.11. The van der Waals surface area contributed by atoms with Crippen molar-refractivity contribution in [3.05, 3.63) is 69.3 Å². The van der Waals surface area contributed by atoms with Gasteiger partial charge in [-0.05, 0) is 151 Å². The van der Waals surface area contributed by atoms with Crippen LogP contribution in [0.3, 0.4) is 0 Å². The molecule has 8 atom stereocenters. The summed E-state index contributed by atoms with van der Waals surface area (Å²) in [6, 6.07) is 8.69. The van der Waals surface area contributed by atoms with E-state index < -0.39 is 0 Å². The van der Waals surface area contributed by atoms with Crippen LogP contribution in [-0.2, 0) is 38.1 Å². The van der Waals surface area contributed by atoms with Gasteiger partial charge in [-0.1, -0.05) is 51.4 Å². The zero-order valence-electron chi connectivity index (χ0n) is 42.2. The Kier molecular flexibility index (Phi) is 15.1. The average molecular weight is 979 g/mol. The molecule has 0 amide bonds. The summed E-state index contributed by atoms with van der Waals surface area (Å²) < 4.78 is 26.1. The summed E-state index contributed by atoms with van der Waals surface area (Å²) >= 11 is 0. The number of rotatable bonds is 0. The van der Waals surface area contributed by atoms with Crippen molar-refractivity contribution in [1.29, 1.82) is 0 Å². The van der Waals surface area contributed by atoms with E-state index in [4.69, 9.17) is 28.9 Å². The quantitative estimate of drug-likeness (QED) is 0.113. The smallest absolute Gasteiger partial charge is 0.306 e. The first-order valence-electron chi connectivity index (χ1n) is 28.3. The normalized spacial score (nSPS) is 29.1. The van der Waals surface area contributed by atoms with E-state index in [0.717, 1.165) is 221 Å². The number of hydrogen-bond acceptors (Lipinski definition) is 10. The van der Waals surface area contributed by atoms with Crippen molar-refractivity contribution in [2.24, 2.45) is 0 Å². The molecule has 0 spiro atoms. The van der Waals surface area contributed by atoms with E-state index in [1.807, 2.05) is 0 Å². The maximum atomic E-state index is 13.7. The fourth-order valence-electron chi connectivity index (χ4n) is 13.8. The van der Waals surface area contributed by atoms with E-state index in [1.165, 1.54) is 0 Å². The van der Waals surface area contributed by atoms with Gasteiger partial charge in [0.25, 0.3) is 0 Å². The maximum Gasteiger partial charge on any atom is 0.306 e. The van der Waals surface area contributed by atoms with Crippen LogP contribution in [0.15, 0.2) is 24.3 Å². The molecule has 4 fully saturated rings. The molecule has 11 rings (SSSR count). The molecule has 382 valence electrons. The first-order valence-corrected chi connectivity index (χ1v) is 28.3. The van der Waals surface area contributed by atoms with Crippen LogP contribution in [0.4, 0.5) is 0 Å². The predicted octanol–water partition coefficient (Wildman–Crippen LogP) is 13.6. The Morgan fingerprint density at radius 3 is 0.806 bits per heavy atom. The van der Waals surface area contributed by atoms with Gasteiger partial charge in [0.1, 0.15) is 24.4 Å². The molecule has 3 aromatic heterocycles. The van der Waals surface area contributed by atoms with Gasteiger partial charge in [-0.2, -0.15) is 0 Å². The molecule has 72 heavy (non-hydrogen) atoms. The lowest BCUT2D eigenvalue weighted by Gasteiger charge is -2.32. The van der Waals surface area contributed by atoms with Crippen LogP contribution < -0.4 is 0 Å². The highest BCUT2D eigenvalue weighted by Gasteiger charge is 2.39. The summed E-state index contributed by atoms with van der Waals surface area (Å²) in [6.45, 7) is 0. The molecule has 0 aromatic carbocycles. The second kappa shape index (κ2) is 22.3.